The van der Waals surface area contributed by atoms with E-state index in [1.807, 2.05) is 0 Å². The summed E-state index contributed by atoms with van der Waals surface area (Å²) < 4.78 is 24.8. The van der Waals surface area contributed by atoms with Gasteiger partial charge in [-0.05, 0) is 31.6 Å². The largest absolute Gasteiger partial charge is 0.480 e. The molecule has 21 heavy (non-hydrogen) atoms. The van der Waals surface area contributed by atoms with Crippen LogP contribution in [0.1, 0.15) is 43.4 Å². The monoisotopic (exact) mass is 313 g/mol. The van der Waals surface area contributed by atoms with Crippen molar-refractivity contribution in [2.75, 3.05) is 11.5 Å². The summed E-state index contributed by atoms with van der Waals surface area (Å²) in [5.41, 5.74) is 0. The normalized spacial score (nSPS) is 28.0. The molecular formula is C13H19N3O4S. The fourth-order valence-corrected chi connectivity index (χ4v) is 5.03. The molecule has 0 radical (unpaired) electrons. The van der Waals surface area contributed by atoms with E-state index >= 15 is 0 Å². The molecule has 2 aliphatic rings. The van der Waals surface area contributed by atoms with Crippen molar-refractivity contribution in [1.82, 2.24) is 14.8 Å². The van der Waals surface area contributed by atoms with Crippen molar-refractivity contribution in [1.29, 1.82) is 0 Å². The quantitative estimate of drug-likeness (QED) is 0.877. The number of aromatic nitrogens is 3. The van der Waals surface area contributed by atoms with Gasteiger partial charge in [0.05, 0.1) is 11.5 Å². The number of carboxylic acids is 1. The van der Waals surface area contributed by atoms with Crippen molar-refractivity contribution in [3.05, 3.63) is 11.6 Å². The molecule has 1 aromatic rings. The molecule has 0 bridgehead atoms. The molecule has 1 fully saturated rings. The van der Waals surface area contributed by atoms with E-state index in [0.29, 0.717) is 30.9 Å². The Morgan fingerprint density at radius 2 is 2.14 bits per heavy atom. The second-order valence-corrected chi connectivity index (χ2v) is 8.19. The van der Waals surface area contributed by atoms with Crippen LogP contribution < -0.4 is 0 Å². The van der Waals surface area contributed by atoms with Gasteiger partial charge in [0.15, 0.2) is 21.7 Å². The minimum absolute atomic E-state index is 0.0523. The van der Waals surface area contributed by atoms with E-state index < -0.39 is 21.8 Å². The van der Waals surface area contributed by atoms with Gasteiger partial charge in [-0.15, -0.1) is 0 Å². The van der Waals surface area contributed by atoms with Crippen LogP contribution >= 0.6 is 0 Å². The Morgan fingerprint density at radius 3 is 2.86 bits per heavy atom. The highest BCUT2D eigenvalue weighted by Gasteiger charge is 2.30. The van der Waals surface area contributed by atoms with Crippen LogP contribution in [0.2, 0.25) is 0 Å². The lowest BCUT2D eigenvalue weighted by Crippen LogP contribution is -2.27. The van der Waals surface area contributed by atoms with Crippen molar-refractivity contribution < 1.29 is 18.3 Å². The van der Waals surface area contributed by atoms with Crippen molar-refractivity contribution >= 4 is 15.8 Å². The predicted molar refractivity (Wildman–Crippen MR) is 74.7 cm³/mol. The second kappa shape index (κ2) is 5.40. The lowest BCUT2D eigenvalue weighted by Gasteiger charge is -2.20. The van der Waals surface area contributed by atoms with Gasteiger partial charge >= 0.3 is 5.97 Å². The number of aliphatic carboxylic acids is 1. The van der Waals surface area contributed by atoms with Crippen LogP contribution in [0.25, 0.3) is 0 Å². The van der Waals surface area contributed by atoms with Gasteiger partial charge in [0, 0.05) is 12.8 Å². The maximum Gasteiger partial charge on any atom is 0.328 e. The zero-order valence-electron chi connectivity index (χ0n) is 11.7. The zero-order valence-corrected chi connectivity index (χ0v) is 12.5. The number of aryl methyl sites for hydroxylation is 1. The molecule has 0 saturated carbocycles. The Hall–Kier alpha value is -1.44. The van der Waals surface area contributed by atoms with Crippen LogP contribution in [0.15, 0.2) is 0 Å². The van der Waals surface area contributed by atoms with Crippen LogP contribution in [0.5, 0.6) is 0 Å². The first-order chi connectivity index (χ1) is 9.94. The van der Waals surface area contributed by atoms with Gasteiger partial charge in [0.25, 0.3) is 0 Å². The predicted octanol–water partition coefficient (Wildman–Crippen LogP) is 0.607. The summed E-state index contributed by atoms with van der Waals surface area (Å²) in [4.78, 5) is 15.7. The molecule has 0 spiro atoms. The molecule has 116 valence electrons. The van der Waals surface area contributed by atoms with Gasteiger partial charge in [0.2, 0.25) is 0 Å². The number of carbonyl (C=O) groups is 1. The Balaban J connectivity index is 1.77. The molecule has 8 heteroatoms. The average molecular weight is 313 g/mol. The first-order valence-electron chi connectivity index (χ1n) is 7.32. The molecule has 2 unspecified atom stereocenters. The molecule has 3 heterocycles. The van der Waals surface area contributed by atoms with Gasteiger partial charge in [0.1, 0.15) is 5.82 Å². The summed E-state index contributed by atoms with van der Waals surface area (Å²) in [6.45, 7) is 0. The SMILES string of the molecule is O=C(O)C1CCCc2nc(CC3CCCS(=O)(=O)C3)nn21. The summed E-state index contributed by atoms with van der Waals surface area (Å²) in [5, 5.41) is 13.5. The van der Waals surface area contributed by atoms with E-state index in [9.17, 15) is 18.3 Å². The van der Waals surface area contributed by atoms with Crippen molar-refractivity contribution in [3.63, 3.8) is 0 Å². The standard InChI is InChI=1S/C13H19N3O4S/c17-13(18)10-4-1-5-12-14-11(15-16(10)12)7-9-3-2-6-21(19,20)8-9/h9-10H,1-8H2,(H,17,18). The number of carboxylic acid groups (broad SMARTS) is 1. The van der Waals surface area contributed by atoms with E-state index in [1.54, 1.807) is 0 Å². The fraction of sp³-hybridized carbons (Fsp3) is 0.769. The zero-order chi connectivity index (χ0) is 15.0. The molecule has 0 aliphatic carbocycles. The molecule has 2 aliphatic heterocycles. The van der Waals surface area contributed by atoms with Crippen LogP contribution in [-0.4, -0.2) is 45.8 Å². The van der Waals surface area contributed by atoms with E-state index in [2.05, 4.69) is 10.1 Å². The van der Waals surface area contributed by atoms with E-state index in [1.165, 1.54) is 4.68 Å². The van der Waals surface area contributed by atoms with Crippen molar-refractivity contribution in [3.8, 4) is 0 Å². The smallest absolute Gasteiger partial charge is 0.328 e. The molecule has 3 rings (SSSR count). The number of rotatable bonds is 3. The minimum Gasteiger partial charge on any atom is -0.480 e. The third-order valence-corrected chi connectivity index (χ3v) is 6.12. The van der Waals surface area contributed by atoms with Crippen LogP contribution in [0, 0.1) is 5.92 Å². The summed E-state index contributed by atoms with van der Waals surface area (Å²) in [5.74, 6) is 0.934. The molecule has 1 saturated heterocycles. The highest BCUT2D eigenvalue weighted by atomic mass is 32.2. The van der Waals surface area contributed by atoms with Gasteiger partial charge < -0.3 is 5.11 Å². The minimum atomic E-state index is -2.93. The molecule has 7 nitrogen and oxygen atoms in total. The van der Waals surface area contributed by atoms with E-state index in [-0.39, 0.29) is 17.4 Å². The molecule has 1 N–H and O–H groups in total. The van der Waals surface area contributed by atoms with Gasteiger partial charge in [-0.2, -0.15) is 5.10 Å². The Morgan fingerprint density at radius 1 is 1.33 bits per heavy atom. The molecule has 1 aromatic heterocycles. The number of hydrogen-bond donors (Lipinski definition) is 1. The third-order valence-electron chi connectivity index (χ3n) is 4.23. The lowest BCUT2D eigenvalue weighted by molar-refractivity contribution is -0.141. The summed E-state index contributed by atoms with van der Waals surface area (Å²) in [6, 6.07) is -0.634. The highest BCUT2D eigenvalue weighted by molar-refractivity contribution is 7.91. The first kappa shape index (κ1) is 14.5. The van der Waals surface area contributed by atoms with Gasteiger partial charge in [-0.3, -0.25) is 0 Å². The molecular weight excluding hydrogens is 294 g/mol. The maximum absolute atomic E-state index is 11.7. The lowest BCUT2D eigenvalue weighted by atomic mass is 10.0. The number of fused-ring (bicyclic) bond motifs is 1. The van der Waals surface area contributed by atoms with Crippen LogP contribution in [0.4, 0.5) is 0 Å². The van der Waals surface area contributed by atoms with Crippen LogP contribution in [0.3, 0.4) is 0 Å². The molecule has 2 atom stereocenters. The number of sulfone groups is 1. The van der Waals surface area contributed by atoms with E-state index in [4.69, 9.17) is 0 Å². The summed E-state index contributed by atoms with van der Waals surface area (Å²) in [7, 11) is -2.93. The van der Waals surface area contributed by atoms with Crippen molar-refractivity contribution in [2.45, 2.75) is 44.6 Å². The highest BCUT2D eigenvalue weighted by Crippen LogP contribution is 2.25. The summed E-state index contributed by atoms with van der Waals surface area (Å²) in [6.07, 6.45) is 4.19. The molecule has 0 aromatic carbocycles. The topological polar surface area (TPSA) is 102 Å². The van der Waals surface area contributed by atoms with Crippen LogP contribution in [-0.2, 0) is 27.5 Å². The number of hydrogen-bond acceptors (Lipinski definition) is 5. The van der Waals surface area contributed by atoms with Crippen molar-refractivity contribution in [2.24, 2.45) is 5.92 Å². The Kier molecular flexibility index (Phi) is 3.73. The van der Waals surface area contributed by atoms with E-state index in [0.717, 1.165) is 19.3 Å². The average Bonchev–Trinajstić information content (AvgIpc) is 2.78. The number of nitrogens with zero attached hydrogens (tertiary/aromatic N) is 3. The summed E-state index contributed by atoms with van der Waals surface area (Å²) >= 11 is 0. The van der Waals surface area contributed by atoms with Gasteiger partial charge in [-0.25, -0.2) is 22.9 Å². The Labute approximate surface area is 123 Å². The molecule has 0 amide bonds. The maximum atomic E-state index is 11.7. The second-order valence-electron chi connectivity index (χ2n) is 5.96. The first-order valence-corrected chi connectivity index (χ1v) is 9.14. The third kappa shape index (κ3) is 3.09. The Bertz CT molecular complexity index is 652. The fourth-order valence-electron chi connectivity index (χ4n) is 3.25. The van der Waals surface area contributed by atoms with Gasteiger partial charge in [-0.1, -0.05) is 0 Å².